The zero-order valence-electron chi connectivity index (χ0n) is 12.6. The van der Waals surface area contributed by atoms with E-state index in [0.717, 1.165) is 22.7 Å². The summed E-state index contributed by atoms with van der Waals surface area (Å²) in [6.07, 6.45) is 0. The van der Waals surface area contributed by atoms with Crippen molar-refractivity contribution in [3.05, 3.63) is 45.6 Å². The first kappa shape index (κ1) is 15.2. The summed E-state index contributed by atoms with van der Waals surface area (Å²) < 4.78 is 23.4. The lowest BCUT2D eigenvalue weighted by Crippen LogP contribution is -2.01. The molecule has 0 saturated heterocycles. The molecule has 3 heterocycles. The molecule has 0 aliphatic carbocycles. The minimum absolute atomic E-state index is 0.286. The average Bonchev–Trinajstić information content (AvgIpc) is 3.14. The third-order valence-corrected chi connectivity index (χ3v) is 5.16. The van der Waals surface area contributed by atoms with Gasteiger partial charge in [0, 0.05) is 21.7 Å². The summed E-state index contributed by atoms with van der Waals surface area (Å²) in [7, 11) is -1.14. The third kappa shape index (κ3) is 3.20. The maximum absolute atomic E-state index is 12.3. The highest BCUT2D eigenvalue weighted by molar-refractivity contribution is 7.83. The van der Waals surface area contributed by atoms with Gasteiger partial charge in [0.25, 0.3) is 0 Å². The van der Waals surface area contributed by atoms with E-state index in [1.54, 1.807) is 11.3 Å². The third-order valence-electron chi connectivity index (χ3n) is 3.32. The van der Waals surface area contributed by atoms with Gasteiger partial charge in [0.1, 0.15) is 17.3 Å². The van der Waals surface area contributed by atoms with Gasteiger partial charge in [-0.05, 0) is 32.2 Å². The maximum Gasteiger partial charge on any atom is 0.227 e. The molecule has 0 N–H and O–H groups in total. The highest BCUT2D eigenvalue weighted by Crippen LogP contribution is 2.24. The maximum atomic E-state index is 12.3. The van der Waals surface area contributed by atoms with Crippen LogP contribution in [0.3, 0.4) is 0 Å². The van der Waals surface area contributed by atoms with Crippen LogP contribution < -0.4 is 0 Å². The first-order valence-electron chi connectivity index (χ1n) is 6.79. The van der Waals surface area contributed by atoms with Gasteiger partial charge in [-0.2, -0.15) is 11.3 Å². The molecule has 3 aromatic rings. The second-order valence-corrected chi connectivity index (χ2v) is 7.25. The van der Waals surface area contributed by atoms with E-state index in [9.17, 15) is 4.21 Å². The molecule has 0 fully saturated rings. The molecule has 0 amide bonds. The van der Waals surface area contributed by atoms with Crippen LogP contribution in [0.25, 0.3) is 11.5 Å². The molecule has 3 rings (SSSR count). The smallest absolute Gasteiger partial charge is 0.227 e. The Morgan fingerprint density at radius 2 is 1.95 bits per heavy atom. The Bertz CT molecular complexity index is 783. The second kappa shape index (κ2) is 6.18. The normalized spacial score (nSPS) is 12.7. The Hall–Kier alpha value is -1.73. The predicted molar refractivity (Wildman–Crippen MR) is 86.1 cm³/mol. The van der Waals surface area contributed by atoms with E-state index in [1.165, 1.54) is 0 Å². The van der Waals surface area contributed by atoms with E-state index in [2.05, 4.69) is 9.97 Å². The fourth-order valence-electron chi connectivity index (χ4n) is 2.01. The number of aromatic nitrogens is 2. The van der Waals surface area contributed by atoms with Crippen molar-refractivity contribution in [1.29, 1.82) is 0 Å². The Labute approximate surface area is 134 Å². The van der Waals surface area contributed by atoms with Crippen LogP contribution in [0.1, 0.15) is 28.8 Å². The van der Waals surface area contributed by atoms with E-state index < -0.39 is 10.8 Å². The van der Waals surface area contributed by atoms with Crippen LogP contribution in [0, 0.1) is 20.8 Å². The largest absolute Gasteiger partial charge is 0.445 e. The Morgan fingerprint density at radius 3 is 2.59 bits per heavy atom. The standard InChI is InChI=1S/C15H16N2O3S2/c1-9-10(2)19-14(16-9)8-22(18)7-13-11(3)20-15(17-13)12-4-5-21-6-12/h4-6H,7-8H2,1-3H3/t22-/m0/s1. The minimum atomic E-state index is -1.14. The molecule has 0 saturated carbocycles. The molecule has 0 aromatic carbocycles. The van der Waals surface area contributed by atoms with Crippen molar-refractivity contribution in [3.8, 4) is 11.5 Å². The van der Waals surface area contributed by atoms with Gasteiger partial charge < -0.3 is 8.83 Å². The first-order valence-corrected chi connectivity index (χ1v) is 9.22. The van der Waals surface area contributed by atoms with E-state index in [4.69, 9.17) is 8.83 Å². The number of hydrogen-bond donors (Lipinski definition) is 0. The molecule has 0 unspecified atom stereocenters. The molecule has 0 spiro atoms. The van der Waals surface area contributed by atoms with Crippen LogP contribution in [-0.2, 0) is 22.3 Å². The van der Waals surface area contributed by atoms with Crippen molar-refractivity contribution in [3.63, 3.8) is 0 Å². The van der Waals surface area contributed by atoms with Crippen molar-refractivity contribution >= 4 is 22.1 Å². The number of nitrogens with zero attached hydrogens (tertiary/aromatic N) is 2. The van der Waals surface area contributed by atoms with Gasteiger partial charge in [0.05, 0.1) is 17.1 Å². The summed E-state index contributed by atoms with van der Waals surface area (Å²) in [5.74, 6) is 3.18. The van der Waals surface area contributed by atoms with E-state index in [-0.39, 0.29) is 5.75 Å². The number of hydrogen-bond acceptors (Lipinski definition) is 6. The van der Waals surface area contributed by atoms with Crippen LogP contribution in [0.5, 0.6) is 0 Å². The molecule has 22 heavy (non-hydrogen) atoms. The predicted octanol–water partition coefficient (Wildman–Crippen LogP) is 3.77. The molecule has 0 aliphatic heterocycles. The van der Waals surface area contributed by atoms with E-state index in [0.29, 0.717) is 23.3 Å². The molecule has 0 bridgehead atoms. The lowest BCUT2D eigenvalue weighted by atomic mass is 10.3. The van der Waals surface area contributed by atoms with Gasteiger partial charge in [-0.1, -0.05) is 0 Å². The van der Waals surface area contributed by atoms with Crippen molar-refractivity contribution in [2.45, 2.75) is 32.3 Å². The number of thiophene rings is 1. The molecular weight excluding hydrogens is 320 g/mol. The molecule has 7 heteroatoms. The summed E-state index contributed by atoms with van der Waals surface area (Å²) in [6.45, 7) is 5.57. The minimum Gasteiger partial charge on any atom is -0.445 e. The average molecular weight is 336 g/mol. The quantitative estimate of drug-likeness (QED) is 0.709. The molecule has 0 radical (unpaired) electrons. The monoisotopic (exact) mass is 336 g/mol. The zero-order chi connectivity index (χ0) is 15.7. The fourth-order valence-corrected chi connectivity index (χ4v) is 3.72. The Kier molecular flexibility index (Phi) is 4.26. The van der Waals surface area contributed by atoms with Crippen LogP contribution >= 0.6 is 11.3 Å². The van der Waals surface area contributed by atoms with Gasteiger partial charge in [0.15, 0.2) is 0 Å². The Balaban J connectivity index is 1.71. The van der Waals surface area contributed by atoms with Crippen LogP contribution in [0.4, 0.5) is 0 Å². The molecule has 3 aromatic heterocycles. The SMILES string of the molecule is Cc1nc(C[S@@](=O)Cc2nc(-c3ccsc3)oc2C)oc1C. The first-order chi connectivity index (χ1) is 10.5. The highest BCUT2D eigenvalue weighted by Gasteiger charge is 2.16. The van der Waals surface area contributed by atoms with E-state index >= 15 is 0 Å². The molecule has 1 atom stereocenters. The van der Waals surface area contributed by atoms with Gasteiger partial charge in [-0.3, -0.25) is 4.21 Å². The topological polar surface area (TPSA) is 69.1 Å². The number of oxazole rings is 2. The van der Waals surface area contributed by atoms with Crippen molar-refractivity contribution in [2.24, 2.45) is 0 Å². The van der Waals surface area contributed by atoms with Gasteiger partial charge in [0.2, 0.25) is 11.8 Å². The van der Waals surface area contributed by atoms with Gasteiger partial charge in [-0.25, -0.2) is 9.97 Å². The van der Waals surface area contributed by atoms with Crippen molar-refractivity contribution < 1.29 is 13.0 Å². The van der Waals surface area contributed by atoms with Crippen LogP contribution in [-0.4, -0.2) is 14.2 Å². The summed E-state index contributed by atoms with van der Waals surface area (Å²) in [4.78, 5) is 8.71. The molecule has 5 nitrogen and oxygen atoms in total. The molecular formula is C15H16N2O3S2. The van der Waals surface area contributed by atoms with Crippen molar-refractivity contribution in [1.82, 2.24) is 9.97 Å². The lowest BCUT2D eigenvalue weighted by Gasteiger charge is -1.97. The van der Waals surface area contributed by atoms with Crippen LogP contribution in [0.15, 0.2) is 25.7 Å². The van der Waals surface area contributed by atoms with Gasteiger partial charge >= 0.3 is 0 Å². The van der Waals surface area contributed by atoms with E-state index in [1.807, 2.05) is 37.6 Å². The summed E-state index contributed by atoms with van der Waals surface area (Å²) in [6, 6.07) is 1.95. The molecule has 116 valence electrons. The number of rotatable bonds is 5. The summed E-state index contributed by atoms with van der Waals surface area (Å²) in [5, 5.41) is 3.95. The van der Waals surface area contributed by atoms with Crippen molar-refractivity contribution in [2.75, 3.05) is 0 Å². The second-order valence-electron chi connectivity index (χ2n) is 5.01. The zero-order valence-corrected chi connectivity index (χ0v) is 14.2. The highest BCUT2D eigenvalue weighted by atomic mass is 32.2. The lowest BCUT2D eigenvalue weighted by molar-refractivity contribution is 0.487. The fraction of sp³-hybridized carbons (Fsp3) is 0.333. The van der Waals surface area contributed by atoms with Gasteiger partial charge in [-0.15, -0.1) is 0 Å². The molecule has 0 aliphatic rings. The number of aryl methyl sites for hydroxylation is 3. The summed E-state index contributed by atoms with van der Waals surface area (Å²) >= 11 is 1.59. The van der Waals surface area contributed by atoms with Crippen LogP contribution in [0.2, 0.25) is 0 Å². The summed E-state index contributed by atoms with van der Waals surface area (Å²) in [5.41, 5.74) is 2.51. The Morgan fingerprint density at radius 1 is 1.14 bits per heavy atom.